The predicted molar refractivity (Wildman–Crippen MR) is 69.6 cm³/mol. The predicted octanol–water partition coefficient (Wildman–Crippen LogP) is 2.60. The highest BCUT2D eigenvalue weighted by atomic mass is 32.2. The van der Waals surface area contributed by atoms with Crippen LogP contribution >= 0.6 is 11.8 Å². The number of nitrogens with one attached hydrogen (secondary N) is 1. The SMILES string of the molecule is CC(C)SCC(=O)Nc1cccc(F)c1C(=O)O. The van der Waals surface area contributed by atoms with Gasteiger partial charge in [-0.05, 0) is 17.4 Å². The number of amides is 1. The van der Waals surface area contributed by atoms with Crippen molar-refractivity contribution in [1.82, 2.24) is 0 Å². The molecule has 0 radical (unpaired) electrons. The van der Waals surface area contributed by atoms with Gasteiger partial charge in [0.1, 0.15) is 11.4 Å². The van der Waals surface area contributed by atoms with E-state index in [-0.39, 0.29) is 17.3 Å². The van der Waals surface area contributed by atoms with Gasteiger partial charge in [-0.15, -0.1) is 11.8 Å². The molecule has 98 valence electrons. The van der Waals surface area contributed by atoms with Crippen molar-refractivity contribution in [1.29, 1.82) is 0 Å². The van der Waals surface area contributed by atoms with Crippen molar-refractivity contribution in [3.05, 3.63) is 29.6 Å². The van der Waals surface area contributed by atoms with Crippen LogP contribution in [0.1, 0.15) is 24.2 Å². The smallest absolute Gasteiger partial charge is 0.340 e. The minimum atomic E-state index is -1.40. The number of carbonyl (C=O) groups is 2. The van der Waals surface area contributed by atoms with Crippen molar-refractivity contribution < 1.29 is 19.1 Å². The largest absolute Gasteiger partial charge is 0.478 e. The molecule has 2 N–H and O–H groups in total. The van der Waals surface area contributed by atoms with Crippen LogP contribution in [0.2, 0.25) is 0 Å². The second kappa shape index (κ2) is 6.39. The van der Waals surface area contributed by atoms with Crippen LogP contribution < -0.4 is 5.32 Å². The van der Waals surface area contributed by atoms with E-state index in [9.17, 15) is 14.0 Å². The van der Waals surface area contributed by atoms with E-state index in [0.717, 1.165) is 6.07 Å². The van der Waals surface area contributed by atoms with Crippen LogP contribution in [0.4, 0.5) is 10.1 Å². The van der Waals surface area contributed by atoms with Gasteiger partial charge in [-0.25, -0.2) is 9.18 Å². The molecule has 0 saturated heterocycles. The maximum atomic E-state index is 13.3. The average Bonchev–Trinajstić information content (AvgIpc) is 2.26. The molecule has 0 aliphatic carbocycles. The number of halogens is 1. The Labute approximate surface area is 109 Å². The van der Waals surface area contributed by atoms with Crippen LogP contribution in [0.5, 0.6) is 0 Å². The van der Waals surface area contributed by atoms with Gasteiger partial charge in [0.15, 0.2) is 0 Å². The van der Waals surface area contributed by atoms with Crippen molar-refractivity contribution in [2.45, 2.75) is 19.1 Å². The molecule has 1 aromatic rings. The fraction of sp³-hybridized carbons (Fsp3) is 0.333. The topological polar surface area (TPSA) is 66.4 Å². The number of hydrogen-bond acceptors (Lipinski definition) is 3. The molecule has 1 amide bonds. The molecule has 0 heterocycles. The van der Waals surface area contributed by atoms with Gasteiger partial charge in [0.05, 0.1) is 11.4 Å². The Hall–Kier alpha value is -1.56. The number of aromatic carboxylic acids is 1. The molecular formula is C12H14FNO3S. The summed E-state index contributed by atoms with van der Waals surface area (Å²) >= 11 is 1.42. The summed E-state index contributed by atoms with van der Waals surface area (Å²) in [5.41, 5.74) is -0.530. The molecular weight excluding hydrogens is 257 g/mol. The zero-order chi connectivity index (χ0) is 13.7. The minimum absolute atomic E-state index is 0.0168. The molecule has 18 heavy (non-hydrogen) atoms. The van der Waals surface area contributed by atoms with Gasteiger partial charge >= 0.3 is 5.97 Å². The Morgan fingerprint density at radius 1 is 1.44 bits per heavy atom. The Balaban J connectivity index is 2.81. The van der Waals surface area contributed by atoms with Gasteiger partial charge in [-0.2, -0.15) is 0 Å². The first-order chi connectivity index (χ1) is 8.41. The Morgan fingerprint density at radius 3 is 2.67 bits per heavy atom. The molecule has 0 atom stereocenters. The molecule has 0 aliphatic heterocycles. The van der Waals surface area contributed by atoms with Crippen molar-refractivity contribution in [3.8, 4) is 0 Å². The van der Waals surface area contributed by atoms with E-state index in [4.69, 9.17) is 5.11 Å². The lowest BCUT2D eigenvalue weighted by molar-refractivity contribution is -0.113. The van der Waals surface area contributed by atoms with E-state index in [0.29, 0.717) is 5.25 Å². The van der Waals surface area contributed by atoms with Crippen LogP contribution in [0.3, 0.4) is 0 Å². The second-order valence-electron chi connectivity index (χ2n) is 3.88. The number of carbonyl (C=O) groups excluding carboxylic acids is 1. The molecule has 0 aliphatic rings. The summed E-state index contributed by atoms with van der Waals surface area (Å²) in [6.45, 7) is 3.89. The standard InChI is InChI=1S/C12H14FNO3S/c1-7(2)18-6-10(15)14-9-5-3-4-8(13)11(9)12(16)17/h3-5,7H,6H2,1-2H3,(H,14,15)(H,16,17). The quantitative estimate of drug-likeness (QED) is 0.864. The molecule has 0 unspecified atom stereocenters. The molecule has 1 aromatic carbocycles. The van der Waals surface area contributed by atoms with Crippen LogP contribution in [-0.2, 0) is 4.79 Å². The molecule has 0 bridgehead atoms. The highest BCUT2D eigenvalue weighted by Gasteiger charge is 2.17. The average molecular weight is 271 g/mol. The van der Waals surface area contributed by atoms with E-state index in [1.54, 1.807) is 0 Å². The first-order valence-corrected chi connectivity index (χ1v) is 6.40. The van der Waals surface area contributed by atoms with E-state index >= 15 is 0 Å². The Morgan fingerprint density at radius 2 is 2.11 bits per heavy atom. The summed E-state index contributed by atoms with van der Waals surface area (Å²) in [5, 5.41) is 11.6. The number of carboxylic acids is 1. The van der Waals surface area contributed by atoms with Crippen molar-refractivity contribution in [2.75, 3.05) is 11.1 Å². The van der Waals surface area contributed by atoms with Crippen molar-refractivity contribution in [2.24, 2.45) is 0 Å². The van der Waals surface area contributed by atoms with Gasteiger partial charge in [0.25, 0.3) is 0 Å². The Bertz CT molecular complexity index is 463. The fourth-order valence-corrected chi connectivity index (χ4v) is 1.83. The van der Waals surface area contributed by atoms with Gasteiger partial charge < -0.3 is 10.4 Å². The molecule has 6 heteroatoms. The number of hydrogen-bond donors (Lipinski definition) is 2. The van der Waals surface area contributed by atoms with E-state index in [1.165, 1.54) is 23.9 Å². The summed E-state index contributed by atoms with van der Waals surface area (Å²) in [4.78, 5) is 22.4. The number of carboxylic acid groups (broad SMARTS) is 1. The van der Waals surface area contributed by atoms with E-state index in [2.05, 4.69) is 5.32 Å². The molecule has 0 aromatic heterocycles. The zero-order valence-electron chi connectivity index (χ0n) is 10.1. The fourth-order valence-electron chi connectivity index (χ4n) is 1.27. The lowest BCUT2D eigenvalue weighted by Gasteiger charge is -2.09. The number of rotatable bonds is 5. The number of thioether (sulfide) groups is 1. The lowest BCUT2D eigenvalue weighted by atomic mass is 10.1. The summed E-state index contributed by atoms with van der Waals surface area (Å²) in [6, 6.07) is 3.76. The maximum absolute atomic E-state index is 13.3. The summed E-state index contributed by atoms with van der Waals surface area (Å²) in [5.74, 6) is -2.41. The molecule has 4 nitrogen and oxygen atoms in total. The third-order valence-corrected chi connectivity index (χ3v) is 3.14. The van der Waals surface area contributed by atoms with Crippen LogP contribution in [0, 0.1) is 5.82 Å². The van der Waals surface area contributed by atoms with Crippen molar-refractivity contribution >= 4 is 29.3 Å². The van der Waals surface area contributed by atoms with Crippen molar-refractivity contribution in [3.63, 3.8) is 0 Å². The minimum Gasteiger partial charge on any atom is -0.478 e. The first kappa shape index (κ1) is 14.5. The monoisotopic (exact) mass is 271 g/mol. The third-order valence-electron chi connectivity index (χ3n) is 2.05. The highest BCUT2D eigenvalue weighted by molar-refractivity contribution is 8.00. The first-order valence-electron chi connectivity index (χ1n) is 5.35. The lowest BCUT2D eigenvalue weighted by Crippen LogP contribution is -2.18. The molecule has 0 fully saturated rings. The van der Waals surface area contributed by atoms with E-state index < -0.39 is 17.3 Å². The molecule has 0 saturated carbocycles. The van der Waals surface area contributed by atoms with Gasteiger partial charge in [0.2, 0.25) is 5.91 Å². The zero-order valence-corrected chi connectivity index (χ0v) is 10.9. The number of benzene rings is 1. The van der Waals surface area contributed by atoms with E-state index in [1.807, 2.05) is 13.8 Å². The van der Waals surface area contributed by atoms with Crippen LogP contribution in [-0.4, -0.2) is 28.0 Å². The third kappa shape index (κ3) is 4.03. The molecule has 1 rings (SSSR count). The highest BCUT2D eigenvalue weighted by Crippen LogP contribution is 2.19. The van der Waals surface area contributed by atoms with Crippen LogP contribution in [0.15, 0.2) is 18.2 Å². The Kier molecular flexibility index (Phi) is 5.15. The molecule has 0 spiro atoms. The second-order valence-corrected chi connectivity index (χ2v) is 5.44. The van der Waals surface area contributed by atoms with Gasteiger partial charge in [-0.1, -0.05) is 19.9 Å². The summed E-state index contributed by atoms with van der Waals surface area (Å²) in [7, 11) is 0. The number of anilines is 1. The maximum Gasteiger partial charge on any atom is 0.340 e. The summed E-state index contributed by atoms with van der Waals surface area (Å²) in [6.07, 6.45) is 0. The summed E-state index contributed by atoms with van der Waals surface area (Å²) < 4.78 is 13.3. The van der Waals surface area contributed by atoms with Crippen LogP contribution in [0.25, 0.3) is 0 Å². The van der Waals surface area contributed by atoms with Gasteiger partial charge in [-0.3, -0.25) is 4.79 Å². The normalized spacial score (nSPS) is 10.4. The van der Waals surface area contributed by atoms with Gasteiger partial charge in [0, 0.05) is 0 Å².